The van der Waals surface area contributed by atoms with Crippen LogP contribution in [0.5, 0.6) is 0 Å². The molecule has 27 heavy (non-hydrogen) atoms. The maximum Gasteiger partial charge on any atom is 0.409 e. The number of anilines is 1. The van der Waals surface area contributed by atoms with Crippen molar-refractivity contribution in [3.63, 3.8) is 0 Å². The summed E-state index contributed by atoms with van der Waals surface area (Å²) in [6, 6.07) is 2.43. The SMILES string of the molecule is CCOC(=O)N1CCC(NC(=O)c2cncc(NC3CCCCC3)c2)CC1. The number of carbonyl (C=O) groups is 2. The van der Waals surface area contributed by atoms with Crippen LogP contribution < -0.4 is 10.6 Å². The Hall–Kier alpha value is -2.31. The van der Waals surface area contributed by atoms with Crippen LogP contribution in [0.15, 0.2) is 18.5 Å². The number of nitrogens with zero attached hydrogens (tertiary/aromatic N) is 2. The van der Waals surface area contributed by atoms with Gasteiger partial charge >= 0.3 is 6.09 Å². The molecule has 1 saturated heterocycles. The van der Waals surface area contributed by atoms with Gasteiger partial charge in [-0.05, 0) is 38.7 Å². The molecule has 2 heterocycles. The average molecular weight is 374 g/mol. The third-order valence-electron chi connectivity index (χ3n) is 5.33. The van der Waals surface area contributed by atoms with Crippen LogP contribution in [0.1, 0.15) is 62.2 Å². The van der Waals surface area contributed by atoms with Gasteiger partial charge in [0.05, 0.1) is 17.9 Å². The number of aromatic nitrogens is 1. The Labute approximate surface area is 160 Å². The molecule has 0 radical (unpaired) electrons. The number of nitrogens with one attached hydrogen (secondary N) is 2. The molecule has 1 aliphatic heterocycles. The van der Waals surface area contributed by atoms with Gasteiger partial charge in [0.15, 0.2) is 0 Å². The van der Waals surface area contributed by atoms with Crippen molar-refractivity contribution >= 4 is 17.7 Å². The smallest absolute Gasteiger partial charge is 0.409 e. The number of rotatable bonds is 5. The molecule has 1 aliphatic carbocycles. The second-order valence-corrected chi connectivity index (χ2v) is 7.38. The van der Waals surface area contributed by atoms with E-state index < -0.39 is 0 Å². The van der Waals surface area contributed by atoms with Gasteiger partial charge in [-0.25, -0.2) is 4.79 Å². The highest BCUT2D eigenvalue weighted by Gasteiger charge is 2.25. The summed E-state index contributed by atoms with van der Waals surface area (Å²) in [7, 11) is 0. The second-order valence-electron chi connectivity index (χ2n) is 7.38. The van der Waals surface area contributed by atoms with E-state index in [1.54, 1.807) is 24.2 Å². The Kier molecular flexibility index (Phi) is 6.90. The average Bonchev–Trinajstić information content (AvgIpc) is 2.70. The zero-order valence-corrected chi connectivity index (χ0v) is 16.1. The molecule has 148 valence electrons. The number of hydrogen-bond acceptors (Lipinski definition) is 5. The second kappa shape index (κ2) is 9.58. The molecule has 1 aromatic rings. The van der Waals surface area contributed by atoms with Crippen LogP contribution in [0, 0.1) is 0 Å². The molecular weight excluding hydrogens is 344 g/mol. The lowest BCUT2D eigenvalue weighted by Gasteiger charge is -2.31. The summed E-state index contributed by atoms with van der Waals surface area (Å²) >= 11 is 0. The lowest BCUT2D eigenvalue weighted by Crippen LogP contribution is -2.46. The van der Waals surface area contributed by atoms with Crippen molar-refractivity contribution in [2.45, 2.75) is 64.0 Å². The Bertz CT molecular complexity index is 638. The van der Waals surface area contributed by atoms with E-state index in [1.165, 1.54) is 32.1 Å². The molecule has 2 aliphatic rings. The third-order valence-corrected chi connectivity index (χ3v) is 5.33. The number of pyridine rings is 1. The molecule has 7 heteroatoms. The maximum atomic E-state index is 12.6. The van der Waals surface area contributed by atoms with Crippen molar-refractivity contribution < 1.29 is 14.3 Å². The van der Waals surface area contributed by atoms with E-state index in [2.05, 4.69) is 15.6 Å². The van der Waals surface area contributed by atoms with Gasteiger partial charge in [-0.1, -0.05) is 19.3 Å². The fraction of sp³-hybridized carbons (Fsp3) is 0.650. The predicted octanol–water partition coefficient (Wildman–Crippen LogP) is 3.18. The van der Waals surface area contributed by atoms with Crippen LogP contribution >= 0.6 is 0 Å². The molecule has 0 spiro atoms. The Morgan fingerprint density at radius 3 is 2.56 bits per heavy atom. The molecule has 0 bridgehead atoms. The molecule has 2 N–H and O–H groups in total. The highest BCUT2D eigenvalue weighted by Crippen LogP contribution is 2.22. The number of amides is 2. The van der Waals surface area contributed by atoms with Crippen LogP contribution in [0.4, 0.5) is 10.5 Å². The summed E-state index contributed by atoms with van der Waals surface area (Å²) < 4.78 is 5.03. The van der Waals surface area contributed by atoms with Crippen LogP contribution in [-0.4, -0.2) is 53.7 Å². The topological polar surface area (TPSA) is 83.6 Å². The highest BCUT2D eigenvalue weighted by atomic mass is 16.6. The Morgan fingerprint density at radius 2 is 1.85 bits per heavy atom. The third kappa shape index (κ3) is 5.58. The Balaban J connectivity index is 1.49. The van der Waals surface area contributed by atoms with Gasteiger partial charge in [0.1, 0.15) is 0 Å². The van der Waals surface area contributed by atoms with Crippen molar-refractivity contribution in [3.05, 3.63) is 24.0 Å². The van der Waals surface area contributed by atoms with E-state index in [9.17, 15) is 9.59 Å². The lowest BCUT2D eigenvalue weighted by molar-refractivity contribution is 0.0860. The summed E-state index contributed by atoms with van der Waals surface area (Å²) in [6.45, 7) is 3.39. The molecule has 7 nitrogen and oxygen atoms in total. The standard InChI is InChI=1S/C20H30N4O3/c1-2-27-20(26)24-10-8-17(9-11-24)23-19(25)15-12-18(14-21-13-15)22-16-6-4-3-5-7-16/h12-14,16-17,22H,2-11H2,1H3,(H,23,25). The molecule has 3 rings (SSSR count). The quantitative estimate of drug-likeness (QED) is 0.827. The first kappa shape index (κ1) is 19.5. The van der Waals surface area contributed by atoms with Gasteiger partial charge in [0, 0.05) is 37.6 Å². The summed E-state index contributed by atoms with van der Waals surface area (Å²) in [5.74, 6) is -0.107. The summed E-state index contributed by atoms with van der Waals surface area (Å²) in [6.07, 6.45) is 10.8. The molecule has 1 saturated carbocycles. The van der Waals surface area contributed by atoms with Crippen molar-refractivity contribution in [2.24, 2.45) is 0 Å². The molecule has 0 atom stereocenters. The van der Waals surface area contributed by atoms with E-state index in [0.717, 1.165) is 18.5 Å². The largest absolute Gasteiger partial charge is 0.450 e. The minimum Gasteiger partial charge on any atom is -0.450 e. The van der Waals surface area contributed by atoms with Gasteiger partial charge < -0.3 is 20.3 Å². The van der Waals surface area contributed by atoms with Gasteiger partial charge in [-0.2, -0.15) is 0 Å². The number of hydrogen-bond donors (Lipinski definition) is 2. The van der Waals surface area contributed by atoms with Crippen LogP contribution in [-0.2, 0) is 4.74 Å². The van der Waals surface area contributed by atoms with Crippen molar-refractivity contribution in [1.29, 1.82) is 0 Å². The van der Waals surface area contributed by atoms with E-state index in [0.29, 0.717) is 31.3 Å². The Morgan fingerprint density at radius 1 is 1.11 bits per heavy atom. The van der Waals surface area contributed by atoms with Crippen molar-refractivity contribution in [3.8, 4) is 0 Å². The first-order chi connectivity index (χ1) is 13.2. The number of carbonyl (C=O) groups excluding carboxylic acids is 2. The fourth-order valence-electron chi connectivity index (χ4n) is 3.82. The normalized spacial score (nSPS) is 18.8. The summed E-state index contributed by atoms with van der Waals surface area (Å²) in [5.41, 5.74) is 1.48. The van der Waals surface area contributed by atoms with Crippen molar-refractivity contribution in [1.82, 2.24) is 15.2 Å². The minimum absolute atomic E-state index is 0.0677. The molecular formula is C20H30N4O3. The van der Waals surface area contributed by atoms with E-state index in [4.69, 9.17) is 4.74 Å². The fourth-order valence-corrected chi connectivity index (χ4v) is 3.82. The molecule has 0 aromatic carbocycles. The van der Waals surface area contributed by atoms with Gasteiger partial charge in [0.25, 0.3) is 5.91 Å². The minimum atomic E-state index is -0.270. The monoisotopic (exact) mass is 374 g/mol. The van der Waals surface area contributed by atoms with Crippen LogP contribution in [0.25, 0.3) is 0 Å². The van der Waals surface area contributed by atoms with Crippen LogP contribution in [0.2, 0.25) is 0 Å². The summed E-state index contributed by atoms with van der Waals surface area (Å²) in [4.78, 5) is 30.3. The van der Waals surface area contributed by atoms with E-state index in [-0.39, 0.29) is 18.0 Å². The van der Waals surface area contributed by atoms with Gasteiger partial charge in [-0.3, -0.25) is 9.78 Å². The zero-order chi connectivity index (χ0) is 19.1. The molecule has 2 amide bonds. The van der Waals surface area contributed by atoms with Gasteiger partial charge in [0.2, 0.25) is 0 Å². The summed E-state index contributed by atoms with van der Waals surface area (Å²) in [5, 5.41) is 6.58. The van der Waals surface area contributed by atoms with Gasteiger partial charge in [-0.15, -0.1) is 0 Å². The first-order valence-corrected chi connectivity index (χ1v) is 10.1. The molecule has 0 unspecified atom stereocenters. The predicted molar refractivity (Wildman–Crippen MR) is 104 cm³/mol. The maximum absolute atomic E-state index is 12.6. The zero-order valence-electron chi connectivity index (χ0n) is 16.1. The molecule has 1 aromatic heterocycles. The number of likely N-dealkylation sites (tertiary alicyclic amines) is 1. The van der Waals surface area contributed by atoms with E-state index in [1.807, 2.05) is 6.07 Å². The molecule has 2 fully saturated rings. The van der Waals surface area contributed by atoms with Crippen molar-refractivity contribution in [2.75, 3.05) is 25.0 Å². The first-order valence-electron chi connectivity index (χ1n) is 10.1. The van der Waals surface area contributed by atoms with Crippen LogP contribution in [0.3, 0.4) is 0 Å². The number of piperidine rings is 1. The highest BCUT2D eigenvalue weighted by molar-refractivity contribution is 5.94. The number of ether oxygens (including phenoxy) is 1. The van der Waals surface area contributed by atoms with E-state index >= 15 is 0 Å². The lowest BCUT2D eigenvalue weighted by atomic mass is 9.95.